The van der Waals surface area contributed by atoms with E-state index in [-0.39, 0.29) is 24.3 Å². The molecule has 0 aromatic heterocycles. The minimum Gasteiger partial charge on any atom is -0.327 e. The van der Waals surface area contributed by atoms with Crippen LogP contribution in [0.4, 0.5) is 11.4 Å². The first-order valence-corrected chi connectivity index (χ1v) is 9.55. The zero-order valence-electron chi connectivity index (χ0n) is 16.1. The summed E-state index contributed by atoms with van der Waals surface area (Å²) in [7, 11) is 0. The van der Waals surface area contributed by atoms with Crippen LogP contribution in [-0.2, 0) is 9.59 Å². The number of amides is 3. The van der Waals surface area contributed by atoms with Crippen molar-refractivity contribution in [2.45, 2.75) is 32.7 Å². The fourth-order valence-corrected chi connectivity index (χ4v) is 3.99. The first-order chi connectivity index (χ1) is 13.5. The minimum absolute atomic E-state index is 0.124. The Morgan fingerprint density at radius 1 is 1.11 bits per heavy atom. The van der Waals surface area contributed by atoms with E-state index in [1.165, 1.54) is 4.90 Å². The molecule has 4 rings (SSSR count). The van der Waals surface area contributed by atoms with Gasteiger partial charge in [-0.1, -0.05) is 24.3 Å². The van der Waals surface area contributed by atoms with E-state index in [1.807, 2.05) is 32.0 Å². The van der Waals surface area contributed by atoms with Crippen LogP contribution in [0.3, 0.4) is 0 Å². The molecule has 28 heavy (non-hydrogen) atoms. The van der Waals surface area contributed by atoms with Gasteiger partial charge in [0, 0.05) is 12.2 Å². The van der Waals surface area contributed by atoms with Crippen molar-refractivity contribution in [1.82, 2.24) is 4.90 Å². The van der Waals surface area contributed by atoms with Crippen LogP contribution >= 0.6 is 0 Å². The predicted molar refractivity (Wildman–Crippen MR) is 107 cm³/mol. The number of hydrogen-bond acceptors (Lipinski definition) is 3. The topological polar surface area (TPSA) is 69.7 Å². The summed E-state index contributed by atoms with van der Waals surface area (Å²) in [6.07, 6.45) is 1.43. The Balaban J connectivity index is 1.64. The second-order valence-electron chi connectivity index (χ2n) is 7.39. The van der Waals surface area contributed by atoms with Crippen LogP contribution in [0.5, 0.6) is 0 Å². The molecule has 0 radical (unpaired) electrons. The SMILES string of the molecule is Cc1cccc(NC(=O)CN2C(=O)[C@@H]3CCCN3C(=O)c3ccccc32)c1C. The summed E-state index contributed by atoms with van der Waals surface area (Å²) in [6.45, 7) is 4.39. The Morgan fingerprint density at radius 3 is 2.71 bits per heavy atom. The molecule has 0 aliphatic carbocycles. The van der Waals surface area contributed by atoms with E-state index >= 15 is 0 Å². The average Bonchev–Trinajstić information content (AvgIpc) is 3.16. The lowest BCUT2D eigenvalue weighted by Gasteiger charge is -2.25. The van der Waals surface area contributed by atoms with Gasteiger partial charge >= 0.3 is 0 Å². The molecule has 0 bridgehead atoms. The molecule has 2 aromatic rings. The normalized spacial score (nSPS) is 18.6. The van der Waals surface area contributed by atoms with E-state index < -0.39 is 6.04 Å². The molecule has 2 aliphatic heterocycles. The Labute approximate surface area is 164 Å². The molecular formula is C22H23N3O3. The van der Waals surface area contributed by atoms with Crippen molar-refractivity contribution in [2.24, 2.45) is 0 Å². The maximum atomic E-state index is 13.2. The van der Waals surface area contributed by atoms with Gasteiger partial charge in [-0.25, -0.2) is 0 Å². The molecule has 144 valence electrons. The van der Waals surface area contributed by atoms with E-state index in [9.17, 15) is 14.4 Å². The molecule has 0 saturated carbocycles. The Kier molecular flexibility index (Phi) is 4.63. The number of benzene rings is 2. The van der Waals surface area contributed by atoms with Gasteiger partial charge in [-0.2, -0.15) is 0 Å². The monoisotopic (exact) mass is 377 g/mol. The van der Waals surface area contributed by atoms with E-state index in [0.29, 0.717) is 24.2 Å². The molecule has 1 saturated heterocycles. The molecule has 1 N–H and O–H groups in total. The Morgan fingerprint density at radius 2 is 1.89 bits per heavy atom. The molecule has 6 heteroatoms. The van der Waals surface area contributed by atoms with Crippen molar-refractivity contribution in [1.29, 1.82) is 0 Å². The van der Waals surface area contributed by atoms with Crippen molar-refractivity contribution in [2.75, 3.05) is 23.3 Å². The van der Waals surface area contributed by atoms with E-state index in [1.54, 1.807) is 29.2 Å². The molecule has 1 fully saturated rings. The quantitative estimate of drug-likeness (QED) is 0.894. The highest BCUT2D eigenvalue weighted by Crippen LogP contribution is 2.32. The number of fused-ring (bicyclic) bond motifs is 2. The molecule has 0 spiro atoms. The lowest BCUT2D eigenvalue weighted by Crippen LogP contribution is -2.47. The van der Waals surface area contributed by atoms with Crippen LogP contribution in [0.25, 0.3) is 0 Å². The summed E-state index contributed by atoms with van der Waals surface area (Å²) < 4.78 is 0. The first-order valence-electron chi connectivity index (χ1n) is 9.55. The number of carbonyl (C=O) groups is 3. The van der Waals surface area contributed by atoms with Crippen molar-refractivity contribution >= 4 is 29.1 Å². The van der Waals surface area contributed by atoms with Gasteiger partial charge in [0.25, 0.3) is 5.91 Å². The number of rotatable bonds is 3. The Bertz CT molecular complexity index is 969. The van der Waals surface area contributed by atoms with Crippen LogP contribution < -0.4 is 10.2 Å². The van der Waals surface area contributed by atoms with Gasteiger partial charge in [0.1, 0.15) is 12.6 Å². The van der Waals surface area contributed by atoms with Gasteiger partial charge in [0.15, 0.2) is 0 Å². The maximum Gasteiger partial charge on any atom is 0.256 e. The molecule has 3 amide bonds. The van der Waals surface area contributed by atoms with Gasteiger partial charge in [-0.15, -0.1) is 0 Å². The first kappa shape index (κ1) is 18.2. The lowest BCUT2D eigenvalue weighted by atomic mass is 10.1. The second-order valence-corrected chi connectivity index (χ2v) is 7.39. The molecule has 2 aromatic carbocycles. The third-order valence-corrected chi connectivity index (χ3v) is 5.67. The second kappa shape index (κ2) is 7.11. The number of anilines is 2. The summed E-state index contributed by atoms with van der Waals surface area (Å²) in [4.78, 5) is 42.0. The third kappa shape index (κ3) is 3.05. The number of nitrogens with zero attached hydrogens (tertiary/aromatic N) is 2. The third-order valence-electron chi connectivity index (χ3n) is 5.67. The van der Waals surface area contributed by atoms with Crippen LogP contribution in [0.2, 0.25) is 0 Å². The predicted octanol–water partition coefficient (Wildman–Crippen LogP) is 2.89. The largest absolute Gasteiger partial charge is 0.327 e. The van der Waals surface area contributed by atoms with E-state index in [4.69, 9.17) is 0 Å². The highest BCUT2D eigenvalue weighted by atomic mass is 16.2. The van der Waals surface area contributed by atoms with E-state index in [2.05, 4.69) is 5.32 Å². The molecule has 0 unspecified atom stereocenters. The Hall–Kier alpha value is -3.15. The standard InChI is InChI=1S/C22H23N3O3/c1-14-7-5-9-17(15(14)2)23-20(26)13-25-18-10-4-3-8-16(18)21(27)24-12-6-11-19(24)22(25)28/h3-5,7-10,19H,6,11-13H2,1-2H3,(H,23,26)/t19-/m0/s1. The van der Waals surface area contributed by atoms with Gasteiger partial charge in [-0.05, 0) is 56.0 Å². The highest BCUT2D eigenvalue weighted by molar-refractivity contribution is 6.13. The molecule has 1 atom stereocenters. The average molecular weight is 377 g/mol. The van der Waals surface area contributed by atoms with Crippen LogP contribution in [0.15, 0.2) is 42.5 Å². The summed E-state index contributed by atoms with van der Waals surface area (Å²) in [5.74, 6) is -0.605. The summed E-state index contributed by atoms with van der Waals surface area (Å²) in [5.41, 5.74) is 3.79. The number of aryl methyl sites for hydroxylation is 1. The van der Waals surface area contributed by atoms with Crippen molar-refractivity contribution < 1.29 is 14.4 Å². The van der Waals surface area contributed by atoms with Gasteiger partial charge in [0.05, 0.1) is 11.3 Å². The molecule has 6 nitrogen and oxygen atoms in total. The zero-order chi connectivity index (χ0) is 19.8. The van der Waals surface area contributed by atoms with Crippen molar-refractivity contribution in [3.8, 4) is 0 Å². The number of para-hydroxylation sites is 1. The molecule has 2 aliphatic rings. The molecular weight excluding hydrogens is 354 g/mol. The fraction of sp³-hybridized carbons (Fsp3) is 0.318. The number of nitrogens with one attached hydrogen (secondary N) is 1. The van der Waals surface area contributed by atoms with Crippen LogP contribution in [0, 0.1) is 13.8 Å². The smallest absolute Gasteiger partial charge is 0.256 e. The van der Waals surface area contributed by atoms with Crippen molar-refractivity contribution in [3.63, 3.8) is 0 Å². The maximum absolute atomic E-state index is 13.2. The van der Waals surface area contributed by atoms with Crippen molar-refractivity contribution in [3.05, 3.63) is 59.2 Å². The van der Waals surface area contributed by atoms with E-state index in [0.717, 1.165) is 23.2 Å². The van der Waals surface area contributed by atoms with Crippen LogP contribution in [0.1, 0.15) is 34.3 Å². The molecule has 2 heterocycles. The summed E-state index contributed by atoms with van der Waals surface area (Å²) in [6, 6.07) is 12.3. The zero-order valence-corrected chi connectivity index (χ0v) is 16.1. The van der Waals surface area contributed by atoms with Gasteiger partial charge in [-0.3, -0.25) is 14.4 Å². The lowest BCUT2D eigenvalue weighted by molar-refractivity contribution is -0.124. The minimum atomic E-state index is -0.492. The number of carbonyl (C=O) groups excluding carboxylic acids is 3. The highest BCUT2D eigenvalue weighted by Gasteiger charge is 2.42. The summed E-state index contributed by atoms with van der Waals surface area (Å²) >= 11 is 0. The number of hydrogen-bond donors (Lipinski definition) is 1. The van der Waals surface area contributed by atoms with Crippen LogP contribution in [-0.4, -0.2) is 41.8 Å². The summed E-state index contributed by atoms with van der Waals surface area (Å²) in [5, 5.41) is 2.91. The fourth-order valence-electron chi connectivity index (χ4n) is 3.99. The van der Waals surface area contributed by atoms with Gasteiger partial charge < -0.3 is 15.1 Å². The van der Waals surface area contributed by atoms with Gasteiger partial charge in [0.2, 0.25) is 11.8 Å².